The van der Waals surface area contributed by atoms with Gasteiger partial charge < -0.3 is 20.1 Å². The number of anilines is 2. The van der Waals surface area contributed by atoms with Crippen LogP contribution in [0, 0.1) is 5.82 Å². The number of hydrazone groups is 1. The van der Waals surface area contributed by atoms with Gasteiger partial charge in [0.1, 0.15) is 5.82 Å². The van der Waals surface area contributed by atoms with Crippen LogP contribution >= 0.6 is 11.6 Å². The topological polar surface area (TPSA) is 118 Å². The van der Waals surface area contributed by atoms with Crippen molar-refractivity contribution in [3.63, 3.8) is 0 Å². The molecule has 0 atom stereocenters. The van der Waals surface area contributed by atoms with Gasteiger partial charge in [-0.05, 0) is 61.0 Å². The Kier molecular flexibility index (Phi) is 9.35. The number of halogens is 2. The molecule has 11 heteroatoms. The van der Waals surface area contributed by atoms with Crippen LogP contribution in [0.5, 0.6) is 11.5 Å². The van der Waals surface area contributed by atoms with E-state index in [1.54, 1.807) is 49.4 Å². The summed E-state index contributed by atoms with van der Waals surface area (Å²) in [6.45, 7) is 1.84. The number of carbonyl (C=O) groups is 3. The van der Waals surface area contributed by atoms with E-state index in [0.29, 0.717) is 34.4 Å². The van der Waals surface area contributed by atoms with Gasteiger partial charge in [-0.2, -0.15) is 5.10 Å². The first kappa shape index (κ1) is 26.2. The van der Waals surface area contributed by atoms with E-state index in [1.807, 2.05) is 0 Å². The Morgan fingerprint density at radius 2 is 1.75 bits per heavy atom. The lowest BCUT2D eigenvalue weighted by atomic mass is 10.2. The van der Waals surface area contributed by atoms with Crippen molar-refractivity contribution in [3.05, 3.63) is 83.1 Å². The summed E-state index contributed by atoms with van der Waals surface area (Å²) in [5.41, 5.74) is 3.00. The van der Waals surface area contributed by atoms with Crippen LogP contribution in [-0.4, -0.2) is 37.1 Å². The van der Waals surface area contributed by atoms with Crippen molar-refractivity contribution >= 4 is 46.9 Å². The fourth-order valence-corrected chi connectivity index (χ4v) is 3.05. The average molecular weight is 513 g/mol. The monoisotopic (exact) mass is 512 g/mol. The summed E-state index contributed by atoms with van der Waals surface area (Å²) in [6, 6.07) is 16.9. The predicted octanol–water partition coefficient (Wildman–Crippen LogP) is 3.98. The molecular formula is C25H22ClFN4O5. The van der Waals surface area contributed by atoms with Gasteiger partial charge in [0.05, 0.1) is 18.5 Å². The Labute approximate surface area is 211 Å². The molecule has 0 radical (unpaired) electrons. The van der Waals surface area contributed by atoms with Crippen molar-refractivity contribution in [1.29, 1.82) is 0 Å². The fourth-order valence-electron chi connectivity index (χ4n) is 2.86. The molecule has 0 heterocycles. The molecule has 0 bridgehead atoms. The highest BCUT2D eigenvalue weighted by atomic mass is 35.5. The van der Waals surface area contributed by atoms with E-state index in [0.717, 1.165) is 6.07 Å². The van der Waals surface area contributed by atoms with Crippen LogP contribution < -0.4 is 25.5 Å². The van der Waals surface area contributed by atoms with E-state index >= 15 is 0 Å². The molecule has 0 saturated carbocycles. The van der Waals surface area contributed by atoms with Crippen LogP contribution in [0.2, 0.25) is 5.02 Å². The van der Waals surface area contributed by atoms with E-state index in [9.17, 15) is 18.8 Å². The highest BCUT2D eigenvalue weighted by Crippen LogP contribution is 2.28. The molecule has 0 aromatic heterocycles. The van der Waals surface area contributed by atoms with Crippen molar-refractivity contribution in [2.75, 3.05) is 23.8 Å². The lowest BCUT2D eigenvalue weighted by Crippen LogP contribution is -2.32. The summed E-state index contributed by atoms with van der Waals surface area (Å²) >= 11 is 5.91. The number of nitrogens with one attached hydrogen (secondary N) is 3. The lowest BCUT2D eigenvalue weighted by molar-refractivity contribution is -0.136. The maximum absolute atomic E-state index is 13.6. The number of ether oxygens (including phenoxy) is 2. The minimum Gasteiger partial charge on any atom is -0.490 e. The van der Waals surface area contributed by atoms with Gasteiger partial charge in [0, 0.05) is 10.7 Å². The number of nitrogens with zero attached hydrogens (tertiary/aromatic N) is 1. The van der Waals surface area contributed by atoms with Gasteiger partial charge in [0.15, 0.2) is 18.1 Å². The van der Waals surface area contributed by atoms with Crippen LogP contribution in [-0.2, 0) is 14.4 Å². The second-order valence-corrected chi connectivity index (χ2v) is 7.56. The van der Waals surface area contributed by atoms with Gasteiger partial charge >= 0.3 is 11.8 Å². The fraction of sp³-hybridized carbons (Fsp3) is 0.120. The standard InChI is InChI=1S/C25H22ClFN4O5/c1-2-35-22-12-16(14-28-31-25(34)24(33)30-20-9-4-3-8-19(20)27)10-11-21(22)36-15-23(32)29-18-7-5-6-17(26)13-18/h3-14H,2,15H2,1H3,(H,29,32)(H,30,33)(H,31,34)/b28-14-. The van der Waals surface area contributed by atoms with E-state index in [1.165, 1.54) is 24.4 Å². The zero-order valence-electron chi connectivity index (χ0n) is 19.1. The van der Waals surface area contributed by atoms with E-state index < -0.39 is 17.6 Å². The zero-order chi connectivity index (χ0) is 25.9. The molecule has 0 aliphatic rings. The quantitative estimate of drug-likeness (QED) is 0.228. The first-order chi connectivity index (χ1) is 17.4. The molecular weight excluding hydrogens is 491 g/mol. The Bertz CT molecular complexity index is 1280. The number of benzene rings is 3. The Balaban J connectivity index is 1.56. The van der Waals surface area contributed by atoms with Crippen molar-refractivity contribution in [2.24, 2.45) is 5.10 Å². The number of rotatable bonds is 9. The van der Waals surface area contributed by atoms with Crippen LogP contribution in [0.25, 0.3) is 0 Å². The molecule has 3 N–H and O–H groups in total. The van der Waals surface area contributed by atoms with Gasteiger partial charge in [-0.25, -0.2) is 9.82 Å². The van der Waals surface area contributed by atoms with Crippen molar-refractivity contribution in [2.45, 2.75) is 6.92 Å². The number of amides is 3. The summed E-state index contributed by atoms with van der Waals surface area (Å²) < 4.78 is 24.8. The van der Waals surface area contributed by atoms with Crippen LogP contribution in [0.1, 0.15) is 12.5 Å². The molecule has 186 valence electrons. The molecule has 0 aliphatic heterocycles. The molecule has 36 heavy (non-hydrogen) atoms. The molecule has 0 fully saturated rings. The van der Waals surface area contributed by atoms with Gasteiger partial charge in [0.25, 0.3) is 5.91 Å². The summed E-state index contributed by atoms with van der Waals surface area (Å²) in [5, 5.41) is 9.06. The van der Waals surface area contributed by atoms with E-state index in [-0.39, 0.29) is 18.2 Å². The summed E-state index contributed by atoms with van der Waals surface area (Å²) in [6.07, 6.45) is 1.28. The maximum atomic E-state index is 13.6. The van der Waals surface area contributed by atoms with Crippen molar-refractivity contribution < 1.29 is 28.2 Å². The molecule has 0 aliphatic carbocycles. The predicted molar refractivity (Wildman–Crippen MR) is 134 cm³/mol. The number of hydrogen-bond acceptors (Lipinski definition) is 6. The SMILES string of the molecule is CCOc1cc(/C=N\NC(=O)C(=O)Nc2ccccc2F)ccc1OCC(=O)Nc1cccc(Cl)c1. The second kappa shape index (κ2) is 12.9. The third-order valence-corrected chi connectivity index (χ3v) is 4.68. The summed E-state index contributed by atoms with van der Waals surface area (Å²) in [5.74, 6) is -2.54. The van der Waals surface area contributed by atoms with Crippen LogP contribution in [0.15, 0.2) is 71.8 Å². The molecule has 0 unspecified atom stereocenters. The Morgan fingerprint density at radius 3 is 2.50 bits per heavy atom. The molecule has 0 spiro atoms. The van der Waals surface area contributed by atoms with Gasteiger partial charge in [-0.15, -0.1) is 0 Å². The largest absolute Gasteiger partial charge is 0.490 e. The molecule has 3 aromatic rings. The third-order valence-electron chi connectivity index (χ3n) is 4.44. The first-order valence-corrected chi connectivity index (χ1v) is 11.1. The summed E-state index contributed by atoms with van der Waals surface area (Å²) in [4.78, 5) is 36.0. The number of carbonyl (C=O) groups excluding carboxylic acids is 3. The van der Waals surface area contributed by atoms with Gasteiger partial charge in [-0.1, -0.05) is 29.8 Å². The Morgan fingerprint density at radius 1 is 0.944 bits per heavy atom. The molecule has 3 aromatic carbocycles. The van der Waals surface area contributed by atoms with Crippen molar-refractivity contribution in [3.8, 4) is 11.5 Å². The minimum absolute atomic E-state index is 0.125. The Hall–Kier alpha value is -4.44. The highest BCUT2D eigenvalue weighted by Gasteiger charge is 2.15. The van der Waals surface area contributed by atoms with Gasteiger partial charge in [-0.3, -0.25) is 14.4 Å². The van der Waals surface area contributed by atoms with Crippen LogP contribution in [0.4, 0.5) is 15.8 Å². The number of hydrogen-bond donors (Lipinski definition) is 3. The second-order valence-electron chi connectivity index (χ2n) is 7.12. The lowest BCUT2D eigenvalue weighted by Gasteiger charge is -2.12. The summed E-state index contributed by atoms with van der Waals surface area (Å²) in [7, 11) is 0. The molecule has 0 saturated heterocycles. The third kappa shape index (κ3) is 7.81. The molecule has 9 nitrogen and oxygen atoms in total. The number of para-hydroxylation sites is 1. The van der Waals surface area contributed by atoms with Crippen molar-refractivity contribution in [1.82, 2.24) is 5.43 Å². The van der Waals surface area contributed by atoms with E-state index in [4.69, 9.17) is 21.1 Å². The molecule has 3 rings (SSSR count). The average Bonchev–Trinajstić information content (AvgIpc) is 2.85. The zero-order valence-corrected chi connectivity index (χ0v) is 19.8. The van der Waals surface area contributed by atoms with Gasteiger partial charge in [0.2, 0.25) is 0 Å². The smallest absolute Gasteiger partial charge is 0.329 e. The molecule has 3 amide bonds. The first-order valence-electron chi connectivity index (χ1n) is 10.7. The minimum atomic E-state index is -1.08. The highest BCUT2D eigenvalue weighted by molar-refractivity contribution is 6.39. The normalized spacial score (nSPS) is 10.5. The van der Waals surface area contributed by atoms with E-state index in [2.05, 4.69) is 21.2 Å². The maximum Gasteiger partial charge on any atom is 0.329 e. The van der Waals surface area contributed by atoms with Crippen LogP contribution in [0.3, 0.4) is 0 Å².